The van der Waals surface area contributed by atoms with Crippen LogP contribution in [0.2, 0.25) is 0 Å². The monoisotopic (exact) mass is 400 g/mol. The van der Waals surface area contributed by atoms with E-state index in [-0.39, 0.29) is 36.6 Å². The molecule has 2 amide bonds. The van der Waals surface area contributed by atoms with Crippen LogP contribution in [-0.4, -0.2) is 35.9 Å². The average Bonchev–Trinajstić information content (AvgIpc) is 2.73. The maximum Gasteiger partial charge on any atom is 0.242 e. The number of halogens is 1. The Hall–Kier alpha value is -2.89. The van der Waals surface area contributed by atoms with Gasteiger partial charge in [0.1, 0.15) is 17.6 Å². The van der Waals surface area contributed by atoms with Gasteiger partial charge in [0.05, 0.1) is 13.5 Å². The number of hydrogen-bond acceptors (Lipinski definition) is 3. The van der Waals surface area contributed by atoms with Gasteiger partial charge in [0.2, 0.25) is 11.8 Å². The van der Waals surface area contributed by atoms with Crippen LogP contribution < -0.4 is 10.1 Å². The molecule has 0 aliphatic carbocycles. The standard InChI is InChI=1S/C23H29FN2O3/c1-5-16(2)25-23(28)17(3)26(15-19-6-10-20(24)11-7-19)22(27)14-18-8-12-21(29-4)13-9-18/h6-13,16-17H,5,14-15H2,1-4H3,(H,25,28)/t16-,17+/m1/s1. The molecule has 29 heavy (non-hydrogen) atoms. The van der Waals surface area contributed by atoms with E-state index >= 15 is 0 Å². The molecule has 6 heteroatoms. The minimum atomic E-state index is -0.653. The predicted octanol–water partition coefficient (Wildman–Crippen LogP) is 3.71. The van der Waals surface area contributed by atoms with E-state index in [9.17, 15) is 14.0 Å². The van der Waals surface area contributed by atoms with E-state index in [0.717, 1.165) is 17.5 Å². The van der Waals surface area contributed by atoms with Crippen LogP contribution in [-0.2, 0) is 22.6 Å². The van der Waals surface area contributed by atoms with E-state index in [1.165, 1.54) is 17.0 Å². The van der Waals surface area contributed by atoms with Gasteiger partial charge in [-0.15, -0.1) is 0 Å². The highest BCUT2D eigenvalue weighted by Crippen LogP contribution is 2.16. The van der Waals surface area contributed by atoms with Gasteiger partial charge in [-0.25, -0.2) is 4.39 Å². The number of benzene rings is 2. The fourth-order valence-corrected chi connectivity index (χ4v) is 2.85. The zero-order valence-corrected chi connectivity index (χ0v) is 17.4. The van der Waals surface area contributed by atoms with Crippen LogP contribution in [0.1, 0.15) is 38.3 Å². The molecule has 0 aromatic heterocycles. The first-order valence-electron chi connectivity index (χ1n) is 9.81. The Morgan fingerprint density at radius 1 is 1.03 bits per heavy atom. The second kappa shape index (κ2) is 10.6. The van der Waals surface area contributed by atoms with Crippen molar-refractivity contribution >= 4 is 11.8 Å². The van der Waals surface area contributed by atoms with Gasteiger partial charge in [-0.1, -0.05) is 31.2 Å². The summed E-state index contributed by atoms with van der Waals surface area (Å²) < 4.78 is 18.4. The number of methoxy groups -OCH3 is 1. The summed E-state index contributed by atoms with van der Waals surface area (Å²) in [4.78, 5) is 27.3. The Kier molecular flexibility index (Phi) is 8.19. The number of ether oxygens (including phenoxy) is 1. The van der Waals surface area contributed by atoms with E-state index in [0.29, 0.717) is 5.75 Å². The van der Waals surface area contributed by atoms with Crippen molar-refractivity contribution in [2.45, 2.75) is 52.2 Å². The van der Waals surface area contributed by atoms with E-state index < -0.39 is 6.04 Å². The fourth-order valence-electron chi connectivity index (χ4n) is 2.85. The van der Waals surface area contributed by atoms with Crippen molar-refractivity contribution in [2.24, 2.45) is 0 Å². The summed E-state index contributed by atoms with van der Waals surface area (Å²) >= 11 is 0. The lowest BCUT2D eigenvalue weighted by atomic mass is 10.1. The summed E-state index contributed by atoms with van der Waals surface area (Å²) in [6.07, 6.45) is 0.961. The summed E-state index contributed by atoms with van der Waals surface area (Å²) in [6, 6.07) is 12.6. The number of amides is 2. The molecule has 0 spiro atoms. The zero-order chi connectivity index (χ0) is 21.4. The predicted molar refractivity (Wildman–Crippen MR) is 111 cm³/mol. The lowest BCUT2D eigenvalue weighted by Gasteiger charge is -2.30. The molecule has 2 aromatic carbocycles. The van der Waals surface area contributed by atoms with Gasteiger partial charge in [0.25, 0.3) is 0 Å². The molecule has 0 fully saturated rings. The quantitative estimate of drug-likeness (QED) is 0.698. The van der Waals surface area contributed by atoms with Gasteiger partial charge in [-0.3, -0.25) is 9.59 Å². The molecule has 0 unspecified atom stereocenters. The topological polar surface area (TPSA) is 58.6 Å². The number of hydrogen-bond donors (Lipinski definition) is 1. The molecule has 0 aliphatic heterocycles. The third-order valence-corrected chi connectivity index (χ3v) is 4.95. The van der Waals surface area contributed by atoms with Gasteiger partial charge in [-0.05, 0) is 55.7 Å². The zero-order valence-electron chi connectivity index (χ0n) is 17.4. The average molecular weight is 400 g/mol. The summed E-state index contributed by atoms with van der Waals surface area (Å²) in [5, 5.41) is 2.93. The number of nitrogens with one attached hydrogen (secondary N) is 1. The summed E-state index contributed by atoms with van der Waals surface area (Å²) in [5.74, 6) is -0.00563. The highest BCUT2D eigenvalue weighted by atomic mass is 19.1. The molecule has 5 nitrogen and oxygen atoms in total. The molecular weight excluding hydrogens is 371 g/mol. The van der Waals surface area contributed by atoms with Crippen LogP contribution in [0.15, 0.2) is 48.5 Å². The van der Waals surface area contributed by atoms with Crippen molar-refractivity contribution in [3.63, 3.8) is 0 Å². The Morgan fingerprint density at radius 3 is 2.17 bits per heavy atom. The first-order chi connectivity index (χ1) is 13.8. The lowest BCUT2D eigenvalue weighted by molar-refractivity contribution is -0.140. The number of carbonyl (C=O) groups is 2. The summed E-state index contributed by atoms with van der Waals surface area (Å²) in [7, 11) is 1.59. The van der Waals surface area contributed by atoms with Crippen LogP contribution in [0.4, 0.5) is 4.39 Å². The second-order valence-corrected chi connectivity index (χ2v) is 7.17. The van der Waals surface area contributed by atoms with Crippen LogP contribution in [0.25, 0.3) is 0 Å². The molecule has 156 valence electrons. The van der Waals surface area contributed by atoms with Crippen LogP contribution >= 0.6 is 0 Å². The minimum Gasteiger partial charge on any atom is -0.497 e. The van der Waals surface area contributed by atoms with Crippen molar-refractivity contribution in [1.82, 2.24) is 10.2 Å². The third kappa shape index (κ3) is 6.59. The first kappa shape index (κ1) is 22.4. The molecular formula is C23H29FN2O3. The third-order valence-electron chi connectivity index (χ3n) is 4.95. The van der Waals surface area contributed by atoms with Crippen molar-refractivity contribution in [1.29, 1.82) is 0 Å². The highest BCUT2D eigenvalue weighted by Gasteiger charge is 2.26. The molecule has 0 heterocycles. The molecule has 2 aromatic rings. The van der Waals surface area contributed by atoms with Gasteiger partial charge in [-0.2, -0.15) is 0 Å². The maximum atomic E-state index is 13.2. The molecule has 0 saturated carbocycles. The first-order valence-corrected chi connectivity index (χ1v) is 9.81. The Labute approximate surface area is 171 Å². The maximum absolute atomic E-state index is 13.2. The molecule has 1 N–H and O–H groups in total. The number of rotatable bonds is 9. The van der Waals surface area contributed by atoms with Gasteiger partial charge < -0.3 is 15.0 Å². The highest BCUT2D eigenvalue weighted by molar-refractivity contribution is 5.88. The largest absolute Gasteiger partial charge is 0.497 e. The second-order valence-electron chi connectivity index (χ2n) is 7.17. The number of carbonyl (C=O) groups excluding carboxylic acids is 2. The van der Waals surface area contributed by atoms with Crippen molar-refractivity contribution in [2.75, 3.05) is 7.11 Å². The van der Waals surface area contributed by atoms with E-state index in [4.69, 9.17) is 4.74 Å². The Balaban J connectivity index is 2.20. The summed E-state index contributed by atoms with van der Waals surface area (Å²) in [6.45, 7) is 5.85. The van der Waals surface area contributed by atoms with Gasteiger partial charge in [0.15, 0.2) is 0 Å². The van der Waals surface area contributed by atoms with Crippen molar-refractivity contribution in [3.8, 4) is 5.75 Å². The fraction of sp³-hybridized carbons (Fsp3) is 0.391. The molecule has 0 radical (unpaired) electrons. The number of nitrogens with zero attached hydrogens (tertiary/aromatic N) is 1. The van der Waals surface area contributed by atoms with E-state index in [2.05, 4.69) is 5.32 Å². The van der Waals surface area contributed by atoms with Gasteiger partial charge in [0, 0.05) is 12.6 Å². The molecule has 2 atom stereocenters. The Morgan fingerprint density at radius 2 is 1.62 bits per heavy atom. The van der Waals surface area contributed by atoms with E-state index in [1.807, 2.05) is 26.0 Å². The van der Waals surface area contributed by atoms with E-state index in [1.54, 1.807) is 38.3 Å². The SMILES string of the molecule is CC[C@@H](C)NC(=O)[C@H](C)N(Cc1ccc(F)cc1)C(=O)Cc1ccc(OC)cc1. The van der Waals surface area contributed by atoms with Crippen LogP contribution in [0.5, 0.6) is 5.75 Å². The normalized spacial score (nSPS) is 12.7. The van der Waals surface area contributed by atoms with Crippen LogP contribution in [0, 0.1) is 5.82 Å². The minimum absolute atomic E-state index is 0.0225. The molecule has 0 saturated heterocycles. The Bertz CT molecular complexity index is 806. The molecule has 0 aliphatic rings. The smallest absolute Gasteiger partial charge is 0.242 e. The lowest BCUT2D eigenvalue weighted by Crippen LogP contribution is -2.49. The van der Waals surface area contributed by atoms with Crippen molar-refractivity contribution < 1.29 is 18.7 Å². The van der Waals surface area contributed by atoms with Crippen molar-refractivity contribution in [3.05, 3.63) is 65.5 Å². The van der Waals surface area contributed by atoms with Gasteiger partial charge >= 0.3 is 0 Å². The molecule has 0 bridgehead atoms. The van der Waals surface area contributed by atoms with Crippen LogP contribution in [0.3, 0.4) is 0 Å². The molecule has 2 rings (SSSR count). The summed E-state index contributed by atoms with van der Waals surface area (Å²) in [5.41, 5.74) is 1.59.